The standard InChI is InChI=1S/C18H11N5O4S/c24-17(25)14(9-10-5-7-11(8-6-10)23(26)27)28-18-20-16-15(21-22-18)12-3-1-2-4-13(12)19-16/h1-9H,(H,24,25)(H,19,20,22)/b14-9+. The topological polar surface area (TPSA) is 135 Å². The van der Waals surface area contributed by atoms with Crippen molar-refractivity contribution in [3.05, 3.63) is 69.1 Å². The Balaban J connectivity index is 1.66. The Bertz CT molecular complexity index is 1250. The number of nitro groups is 1. The number of para-hydroxylation sites is 1. The number of thioether (sulfide) groups is 1. The van der Waals surface area contributed by atoms with Gasteiger partial charge in [0, 0.05) is 23.0 Å². The van der Waals surface area contributed by atoms with E-state index in [4.69, 9.17) is 0 Å². The Morgan fingerprint density at radius 3 is 2.61 bits per heavy atom. The van der Waals surface area contributed by atoms with Crippen LogP contribution in [0.2, 0.25) is 0 Å². The maximum absolute atomic E-state index is 11.6. The van der Waals surface area contributed by atoms with E-state index in [0.29, 0.717) is 16.7 Å². The van der Waals surface area contributed by atoms with Gasteiger partial charge in [0.05, 0.1) is 4.92 Å². The summed E-state index contributed by atoms with van der Waals surface area (Å²) in [6.45, 7) is 0. The van der Waals surface area contributed by atoms with E-state index in [2.05, 4.69) is 20.2 Å². The number of rotatable bonds is 5. The molecule has 138 valence electrons. The Labute approximate surface area is 161 Å². The van der Waals surface area contributed by atoms with Crippen molar-refractivity contribution in [2.45, 2.75) is 5.16 Å². The monoisotopic (exact) mass is 393 g/mol. The zero-order valence-corrected chi connectivity index (χ0v) is 14.9. The molecule has 4 rings (SSSR count). The van der Waals surface area contributed by atoms with Gasteiger partial charge >= 0.3 is 5.97 Å². The number of fused-ring (bicyclic) bond motifs is 3. The van der Waals surface area contributed by atoms with Crippen LogP contribution in [0.5, 0.6) is 0 Å². The number of nitrogens with one attached hydrogen (secondary N) is 1. The average Bonchev–Trinajstić information content (AvgIpc) is 3.05. The molecule has 2 aromatic heterocycles. The van der Waals surface area contributed by atoms with Gasteiger partial charge < -0.3 is 10.1 Å². The van der Waals surface area contributed by atoms with Crippen molar-refractivity contribution in [1.82, 2.24) is 20.2 Å². The van der Waals surface area contributed by atoms with Crippen LogP contribution >= 0.6 is 11.8 Å². The number of nitro benzene ring substituents is 1. The molecule has 0 fully saturated rings. The van der Waals surface area contributed by atoms with Gasteiger partial charge in [-0.1, -0.05) is 18.2 Å². The number of carboxylic acids is 1. The zero-order valence-electron chi connectivity index (χ0n) is 14.1. The van der Waals surface area contributed by atoms with Crippen LogP contribution in [-0.2, 0) is 4.79 Å². The van der Waals surface area contributed by atoms with Crippen molar-refractivity contribution in [2.75, 3.05) is 0 Å². The van der Waals surface area contributed by atoms with Gasteiger partial charge in [-0.3, -0.25) is 10.1 Å². The number of nitrogens with zero attached hydrogens (tertiary/aromatic N) is 4. The maximum Gasteiger partial charge on any atom is 0.342 e. The Morgan fingerprint density at radius 1 is 1.14 bits per heavy atom. The summed E-state index contributed by atoms with van der Waals surface area (Å²) in [7, 11) is 0. The third-order valence-electron chi connectivity index (χ3n) is 3.92. The molecule has 0 amide bonds. The lowest BCUT2D eigenvalue weighted by molar-refractivity contribution is -0.384. The van der Waals surface area contributed by atoms with Crippen molar-refractivity contribution in [1.29, 1.82) is 0 Å². The number of hydrogen-bond acceptors (Lipinski definition) is 7. The number of aromatic nitrogens is 4. The summed E-state index contributed by atoms with van der Waals surface area (Å²) in [5.41, 5.74) is 2.42. The second-order valence-electron chi connectivity index (χ2n) is 5.73. The molecule has 9 nitrogen and oxygen atoms in total. The van der Waals surface area contributed by atoms with Gasteiger partial charge in [0.1, 0.15) is 10.4 Å². The largest absolute Gasteiger partial charge is 0.477 e. The van der Waals surface area contributed by atoms with Crippen molar-refractivity contribution in [3.63, 3.8) is 0 Å². The number of aliphatic carboxylic acids is 1. The number of aromatic amines is 1. The quantitative estimate of drug-likeness (QED) is 0.227. The lowest BCUT2D eigenvalue weighted by atomic mass is 10.2. The van der Waals surface area contributed by atoms with Crippen LogP contribution in [0.4, 0.5) is 5.69 Å². The van der Waals surface area contributed by atoms with Gasteiger partial charge in [-0.15, -0.1) is 10.2 Å². The van der Waals surface area contributed by atoms with E-state index in [9.17, 15) is 20.0 Å². The molecule has 28 heavy (non-hydrogen) atoms. The minimum atomic E-state index is -1.16. The number of carboxylic acid groups (broad SMARTS) is 1. The summed E-state index contributed by atoms with van der Waals surface area (Å²) in [5.74, 6) is -1.16. The summed E-state index contributed by atoms with van der Waals surface area (Å²) in [6.07, 6.45) is 1.40. The van der Waals surface area contributed by atoms with Crippen LogP contribution in [0.25, 0.3) is 28.1 Å². The van der Waals surface area contributed by atoms with Gasteiger partial charge in [0.2, 0.25) is 5.16 Å². The van der Waals surface area contributed by atoms with Crippen LogP contribution in [0, 0.1) is 10.1 Å². The fourth-order valence-corrected chi connectivity index (χ4v) is 3.32. The van der Waals surface area contributed by atoms with Crippen molar-refractivity contribution >= 4 is 51.6 Å². The van der Waals surface area contributed by atoms with Crippen LogP contribution < -0.4 is 0 Å². The predicted molar refractivity (Wildman–Crippen MR) is 104 cm³/mol. The minimum Gasteiger partial charge on any atom is -0.477 e. The number of benzene rings is 2. The van der Waals surface area contributed by atoms with Crippen LogP contribution in [0.15, 0.2) is 58.6 Å². The predicted octanol–water partition coefficient (Wildman–Crippen LogP) is 3.63. The molecule has 0 spiro atoms. The van der Waals surface area contributed by atoms with Gasteiger partial charge in [0.25, 0.3) is 5.69 Å². The molecule has 0 radical (unpaired) electrons. The lowest BCUT2D eigenvalue weighted by Crippen LogP contribution is -1.99. The summed E-state index contributed by atoms with van der Waals surface area (Å²) in [5, 5.41) is 29.4. The molecule has 2 N–H and O–H groups in total. The van der Waals surface area contributed by atoms with E-state index >= 15 is 0 Å². The maximum atomic E-state index is 11.6. The molecule has 0 atom stereocenters. The highest BCUT2D eigenvalue weighted by atomic mass is 32.2. The van der Waals surface area contributed by atoms with Crippen LogP contribution in [0.1, 0.15) is 5.56 Å². The van der Waals surface area contributed by atoms with Crippen molar-refractivity contribution in [2.24, 2.45) is 0 Å². The molecule has 0 aliphatic heterocycles. The third-order valence-corrected chi connectivity index (χ3v) is 4.78. The number of non-ortho nitro benzene ring substituents is 1. The molecule has 0 unspecified atom stereocenters. The van der Waals surface area contributed by atoms with E-state index in [-0.39, 0.29) is 15.7 Å². The molecule has 4 aromatic rings. The van der Waals surface area contributed by atoms with Crippen LogP contribution in [-0.4, -0.2) is 36.2 Å². The number of carbonyl (C=O) groups is 1. The minimum absolute atomic E-state index is 0.0360. The number of hydrogen-bond donors (Lipinski definition) is 2. The average molecular weight is 393 g/mol. The Kier molecular flexibility index (Phi) is 4.45. The summed E-state index contributed by atoms with van der Waals surface area (Å²) in [4.78, 5) is 29.3. The van der Waals surface area contributed by atoms with E-state index in [1.54, 1.807) is 0 Å². The van der Waals surface area contributed by atoms with Crippen LogP contribution in [0.3, 0.4) is 0 Å². The first-order valence-corrected chi connectivity index (χ1v) is 8.81. The first-order valence-electron chi connectivity index (χ1n) is 8.00. The van der Waals surface area contributed by atoms with E-state index in [1.807, 2.05) is 24.3 Å². The SMILES string of the molecule is O=C(O)/C(=C\c1ccc([N+](=O)[O-])cc1)Sc1nnc2c(n1)[nH]c1ccccc12. The van der Waals surface area contributed by atoms with E-state index in [0.717, 1.165) is 22.7 Å². The summed E-state index contributed by atoms with van der Waals surface area (Å²) >= 11 is 0.850. The highest BCUT2D eigenvalue weighted by Crippen LogP contribution is 2.28. The van der Waals surface area contributed by atoms with Gasteiger partial charge in [-0.25, -0.2) is 9.78 Å². The molecule has 0 bridgehead atoms. The van der Waals surface area contributed by atoms with Gasteiger partial charge in [-0.05, 0) is 41.6 Å². The molecule has 2 heterocycles. The first-order chi connectivity index (χ1) is 13.5. The van der Waals surface area contributed by atoms with E-state index < -0.39 is 10.9 Å². The fourth-order valence-electron chi connectivity index (χ4n) is 2.63. The lowest BCUT2D eigenvalue weighted by Gasteiger charge is -2.01. The van der Waals surface area contributed by atoms with Gasteiger partial charge in [-0.2, -0.15) is 0 Å². The van der Waals surface area contributed by atoms with Gasteiger partial charge in [0.15, 0.2) is 5.65 Å². The normalized spacial score (nSPS) is 11.8. The molecule has 0 saturated heterocycles. The molecule has 10 heteroatoms. The van der Waals surface area contributed by atoms with Crippen molar-refractivity contribution < 1.29 is 14.8 Å². The third kappa shape index (κ3) is 3.40. The second kappa shape index (κ2) is 7.08. The Morgan fingerprint density at radius 2 is 1.89 bits per heavy atom. The highest BCUT2D eigenvalue weighted by molar-refractivity contribution is 8.04. The molecular formula is C18H11N5O4S. The number of H-pyrrole nitrogens is 1. The molecule has 0 saturated carbocycles. The van der Waals surface area contributed by atoms with E-state index in [1.165, 1.54) is 30.3 Å². The highest BCUT2D eigenvalue weighted by Gasteiger charge is 2.15. The molecule has 0 aliphatic carbocycles. The molecule has 2 aromatic carbocycles. The smallest absolute Gasteiger partial charge is 0.342 e. The first kappa shape index (κ1) is 17.6. The molecular weight excluding hydrogens is 382 g/mol. The summed E-state index contributed by atoms with van der Waals surface area (Å²) < 4.78 is 0. The van der Waals surface area contributed by atoms with Crippen molar-refractivity contribution in [3.8, 4) is 0 Å². The zero-order chi connectivity index (χ0) is 19.7. The Hall–Kier alpha value is -3.79. The fraction of sp³-hybridized carbons (Fsp3) is 0. The summed E-state index contributed by atoms with van der Waals surface area (Å²) in [6, 6.07) is 13.1. The molecule has 0 aliphatic rings. The second-order valence-corrected chi connectivity index (χ2v) is 6.74.